The van der Waals surface area contributed by atoms with Gasteiger partial charge in [-0.1, -0.05) is 12.1 Å². The highest BCUT2D eigenvalue weighted by Gasteiger charge is 2.17. The number of nitrogens with one attached hydrogen (secondary N) is 2. The maximum atomic E-state index is 12.9. The fourth-order valence-electron chi connectivity index (χ4n) is 4.06. The molecule has 0 unspecified atom stereocenters. The molecule has 9 heteroatoms. The van der Waals surface area contributed by atoms with Gasteiger partial charge in [0, 0.05) is 18.7 Å². The van der Waals surface area contributed by atoms with Gasteiger partial charge in [0.05, 0.1) is 12.7 Å². The Morgan fingerprint density at radius 2 is 1.28 bits per heavy atom. The molecule has 9 nitrogen and oxygen atoms in total. The van der Waals surface area contributed by atoms with Gasteiger partial charge in [0.15, 0.2) is 23.0 Å². The van der Waals surface area contributed by atoms with Crippen molar-refractivity contribution in [2.24, 2.45) is 0 Å². The molecular formula is C27H26N2O7. The Labute approximate surface area is 208 Å². The van der Waals surface area contributed by atoms with Crippen LogP contribution in [0, 0.1) is 0 Å². The number of carbonyl (C=O) groups excluding carboxylic acids is 2. The lowest BCUT2D eigenvalue weighted by molar-refractivity contribution is 0.0951. The predicted molar refractivity (Wildman–Crippen MR) is 130 cm³/mol. The Hall–Kier alpha value is -4.40. The van der Waals surface area contributed by atoms with Crippen LogP contribution in [-0.4, -0.2) is 45.6 Å². The Bertz CT molecular complexity index is 1290. The van der Waals surface area contributed by atoms with Crippen LogP contribution in [0.15, 0.2) is 54.6 Å². The highest BCUT2D eigenvalue weighted by atomic mass is 16.7. The SMILES string of the molecule is COc1ccc(C(=O)NCCc2ccc3c(c2)OCO3)cc1C(=O)NCCc1ccc2c(c1)OCO2. The minimum Gasteiger partial charge on any atom is -0.496 e. The van der Waals surface area contributed by atoms with Crippen LogP contribution in [0.3, 0.4) is 0 Å². The highest BCUT2D eigenvalue weighted by molar-refractivity contribution is 6.01. The van der Waals surface area contributed by atoms with Crippen LogP contribution in [-0.2, 0) is 12.8 Å². The van der Waals surface area contributed by atoms with Gasteiger partial charge in [-0.2, -0.15) is 0 Å². The van der Waals surface area contributed by atoms with E-state index in [-0.39, 0.29) is 25.4 Å². The van der Waals surface area contributed by atoms with Crippen molar-refractivity contribution in [1.29, 1.82) is 0 Å². The van der Waals surface area contributed by atoms with Crippen LogP contribution in [0.25, 0.3) is 0 Å². The summed E-state index contributed by atoms with van der Waals surface area (Å²) in [7, 11) is 1.49. The van der Waals surface area contributed by atoms with Crippen molar-refractivity contribution in [3.63, 3.8) is 0 Å². The van der Waals surface area contributed by atoms with E-state index in [4.69, 9.17) is 23.7 Å². The van der Waals surface area contributed by atoms with E-state index in [0.29, 0.717) is 54.3 Å². The number of hydrogen-bond donors (Lipinski definition) is 2. The second-order valence-electron chi connectivity index (χ2n) is 8.30. The van der Waals surface area contributed by atoms with Crippen LogP contribution < -0.4 is 34.3 Å². The Morgan fingerprint density at radius 1 is 0.722 bits per heavy atom. The van der Waals surface area contributed by atoms with E-state index >= 15 is 0 Å². The first-order valence-corrected chi connectivity index (χ1v) is 11.6. The molecule has 0 radical (unpaired) electrons. The van der Waals surface area contributed by atoms with Crippen LogP contribution >= 0.6 is 0 Å². The molecule has 5 rings (SSSR count). The van der Waals surface area contributed by atoms with Crippen molar-refractivity contribution in [2.75, 3.05) is 33.8 Å². The van der Waals surface area contributed by atoms with Gasteiger partial charge in [-0.25, -0.2) is 0 Å². The van der Waals surface area contributed by atoms with Gasteiger partial charge in [0.1, 0.15) is 5.75 Å². The first-order valence-electron chi connectivity index (χ1n) is 11.6. The van der Waals surface area contributed by atoms with Gasteiger partial charge in [-0.05, 0) is 66.4 Å². The number of rotatable bonds is 9. The topological polar surface area (TPSA) is 104 Å². The molecule has 0 aliphatic carbocycles. The van der Waals surface area contributed by atoms with Crippen molar-refractivity contribution < 1.29 is 33.3 Å². The monoisotopic (exact) mass is 490 g/mol. The molecule has 2 N–H and O–H groups in total. The molecule has 186 valence electrons. The van der Waals surface area contributed by atoms with Gasteiger partial charge in [0.25, 0.3) is 11.8 Å². The van der Waals surface area contributed by atoms with E-state index < -0.39 is 0 Å². The Kier molecular flexibility index (Phi) is 6.79. The smallest absolute Gasteiger partial charge is 0.255 e. The van der Waals surface area contributed by atoms with Crippen LogP contribution in [0.4, 0.5) is 0 Å². The maximum absolute atomic E-state index is 12.9. The fraction of sp³-hybridized carbons (Fsp3) is 0.259. The minimum atomic E-state index is -0.317. The normalized spacial score (nSPS) is 12.8. The zero-order valence-electron chi connectivity index (χ0n) is 19.8. The Balaban J connectivity index is 1.16. The van der Waals surface area contributed by atoms with Crippen molar-refractivity contribution in [3.8, 4) is 28.7 Å². The molecule has 0 bridgehead atoms. The molecule has 2 amide bonds. The van der Waals surface area contributed by atoms with E-state index in [0.717, 1.165) is 22.6 Å². The van der Waals surface area contributed by atoms with Crippen molar-refractivity contribution in [1.82, 2.24) is 10.6 Å². The van der Waals surface area contributed by atoms with Crippen LogP contribution in [0.5, 0.6) is 28.7 Å². The molecule has 3 aromatic carbocycles. The predicted octanol–water partition coefficient (Wildman–Crippen LogP) is 3.10. The third-order valence-corrected chi connectivity index (χ3v) is 5.98. The standard InChI is InChI=1S/C27H26N2O7/c1-32-21-7-4-19(26(30)28-10-8-17-2-5-22-24(12-17)35-15-33-22)14-20(21)27(31)29-11-9-18-3-6-23-25(13-18)36-16-34-23/h2-7,12-14H,8-11,15-16H2,1H3,(H,28,30)(H,29,31). The Morgan fingerprint density at radius 3 is 1.86 bits per heavy atom. The molecule has 0 spiro atoms. The zero-order chi connectivity index (χ0) is 24.9. The van der Waals surface area contributed by atoms with Gasteiger partial charge >= 0.3 is 0 Å². The van der Waals surface area contributed by atoms with E-state index in [1.165, 1.54) is 7.11 Å². The number of carbonyl (C=O) groups is 2. The second-order valence-corrected chi connectivity index (χ2v) is 8.30. The lowest BCUT2D eigenvalue weighted by Gasteiger charge is -2.12. The summed E-state index contributed by atoms with van der Waals surface area (Å²) >= 11 is 0. The number of hydrogen-bond acceptors (Lipinski definition) is 7. The average Bonchev–Trinajstić information content (AvgIpc) is 3.57. The van der Waals surface area contributed by atoms with E-state index in [9.17, 15) is 9.59 Å². The number of ether oxygens (including phenoxy) is 5. The molecular weight excluding hydrogens is 464 g/mol. The van der Waals surface area contributed by atoms with E-state index in [1.54, 1.807) is 18.2 Å². The number of amides is 2. The molecule has 0 fully saturated rings. The van der Waals surface area contributed by atoms with Crippen molar-refractivity contribution in [2.45, 2.75) is 12.8 Å². The summed E-state index contributed by atoms with van der Waals surface area (Å²) in [5.74, 6) is 2.67. The van der Waals surface area contributed by atoms with Gasteiger partial charge < -0.3 is 34.3 Å². The average molecular weight is 491 g/mol. The number of benzene rings is 3. The second kappa shape index (κ2) is 10.5. The maximum Gasteiger partial charge on any atom is 0.255 e. The van der Waals surface area contributed by atoms with Crippen LogP contribution in [0.2, 0.25) is 0 Å². The molecule has 2 aliphatic heterocycles. The van der Waals surface area contributed by atoms with Gasteiger partial charge in [0.2, 0.25) is 13.6 Å². The summed E-state index contributed by atoms with van der Waals surface area (Å²) in [6.07, 6.45) is 1.25. The summed E-state index contributed by atoms with van der Waals surface area (Å²) in [4.78, 5) is 25.6. The third-order valence-electron chi connectivity index (χ3n) is 5.98. The van der Waals surface area contributed by atoms with Crippen molar-refractivity contribution >= 4 is 11.8 Å². The molecule has 2 heterocycles. The van der Waals surface area contributed by atoms with Crippen LogP contribution in [0.1, 0.15) is 31.8 Å². The summed E-state index contributed by atoms with van der Waals surface area (Å²) < 4.78 is 26.8. The van der Waals surface area contributed by atoms with Gasteiger partial charge in [-0.15, -0.1) is 0 Å². The fourth-order valence-corrected chi connectivity index (χ4v) is 4.06. The summed E-state index contributed by atoms with van der Waals surface area (Å²) in [5, 5.41) is 5.79. The number of methoxy groups -OCH3 is 1. The van der Waals surface area contributed by atoms with Crippen molar-refractivity contribution in [3.05, 3.63) is 76.9 Å². The zero-order valence-corrected chi connectivity index (χ0v) is 19.8. The molecule has 0 atom stereocenters. The third kappa shape index (κ3) is 5.14. The summed E-state index contributed by atoms with van der Waals surface area (Å²) in [6, 6.07) is 16.2. The molecule has 0 saturated carbocycles. The molecule has 0 aromatic heterocycles. The molecule has 2 aliphatic rings. The lowest BCUT2D eigenvalue weighted by atomic mass is 10.1. The number of fused-ring (bicyclic) bond motifs is 2. The first-order chi connectivity index (χ1) is 17.6. The summed E-state index contributed by atoms with van der Waals surface area (Å²) in [6.45, 7) is 1.29. The minimum absolute atomic E-state index is 0.220. The molecule has 0 saturated heterocycles. The molecule has 36 heavy (non-hydrogen) atoms. The quantitative estimate of drug-likeness (QED) is 0.475. The lowest BCUT2D eigenvalue weighted by Crippen LogP contribution is -2.28. The largest absolute Gasteiger partial charge is 0.496 e. The van der Waals surface area contributed by atoms with E-state index in [2.05, 4.69) is 10.6 Å². The molecule has 3 aromatic rings. The van der Waals surface area contributed by atoms with Gasteiger partial charge in [-0.3, -0.25) is 9.59 Å². The first kappa shape index (κ1) is 23.3. The summed E-state index contributed by atoms with van der Waals surface area (Å²) in [5.41, 5.74) is 2.72. The highest BCUT2D eigenvalue weighted by Crippen LogP contribution is 2.33. The van der Waals surface area contributed by atoms with E-state index in [1.807, 2.05) is 36.4 Å².